The van der Waals surface area contributed by atoms with Crippen molar-refractivity contribution in [1.82, 2.24) is 19.4 Å². The lowest BCUT2D eigenvalue weighted by atomic mass is 9.62. The van der Waals surface area contributed by atoms with Crippen LogP contribution >= 0.6 is 11.6 Å². The molecule has 216 valence electrons. The molecule has 40 heavy (non-hydrogen) atoms. The van der Waals surface area contributed by atoms with Gasteiger partial charge in [0.25, 0.3) is 12.3 Å². The second-order valence-electron chi connectivity index (χ2n) is 9.93. The van der Waals surface area contributed by atoms with Crippen molar-refractivity contribution < 1.29 is 46.1 Å². The number of rotatable bonds is 6. The van der Waals surface area contributed by atoms with Crippen molar-refractivity contribution >= 4 is 34.9 Å². The molecular formula is C24H23ClF5N5O5. The summed E-state index contributed by atoms with van der Waals surface area (Å²) in [6.07, 6.45) is -4.89. The lowest BCUT2D eigenvalue weighted by Gasteiger charge is -2.41. The molecule has 2 saturated heterocycles. The lowest BCUT2D eigenvalue weighted by molar-refractivity contribution is -0.192. The summed E-state index contributed by atoms with van der Waals surface area (Å²) >= 11 is 6.69. The van der Waals surface area contributed by atoms with Crippen molar-refractivity contribution in [2.24, 2.45) is 0 Å². The molecule has 6 rings (SSSR count). The summed E-state index contributed by atoms with van der Waals surface area (Å²) < 4.78 is 71.0. The molecule has 1 aliphatic carbocycles. The fraction of sp³-hybridized carbons (Fsp3) is 0.458. The number of hydrogen-bond acceptors (Lipinski definition) is 7. The summed E-state index contributed by atoms with van der Waals surface area (Å²) in [4.78, 5) is 34.5. The highest BCUT2D eigenvalue weighted by Gasteiger charge is 2.62. The zero-order chi connectivity index (χ0) is 29.6. The Balaban J connectivity index is 0.000000470. The molecule has 2 N–H and O–H groups in total. The summed E-state index contributed by atoms with van der Waals surface area (Å²) in [5, 5.41) is 10.2. The Morgan fingerprint density at radius 3 is 2.38 bits per heavy atom. The molecule has 0 spiro atoms. The summed E-state index contributed by atoms with van der Waals surface area (Å²) in [5.74, 6) is -2.96. The highest BCUT2D eigenvalue weighted by molar-refractivity contribution is 6.30. The van der Waals surface area contributed by atoms with E-state index in [0.717, 1.165) is 18.9 Å². The number of carbonyl (C=O) groups is 2. The first-order valence-corrected chi connectivity index (χ1v) is 12.2. The number of pyridine rings is 1. The maximum Gasteiger partial charge on any atom is 0.490 e. The van der Waals surface area contributed by atoms with Gasteiger partial charge in [-0.3, -0.25) is 9.20 Å². The Hall–Kier alpha value is -3.59. The molecule has 2 aliphatic heterocycles. The van der Waals surface area contributed by atoms with Gasteiger partial charge in [-0.1, -0.05) is 17.7 Å². The SMILES string of the molecule is CC(C)Oc1nc2nc(C34COC(C)(C3)C4)c(Cl)n2cc1NC(=O)c1cccc(C(F)F)n1.O=C(O)C(F)(F)F. The van der Waals surface area contributed by atoms with Crippen LogP contribution < -0.4 is 10.1 Å². The Morgan fingerprint density at radius 2 is 1.85 bits per heavy atom. The average molecular weight is 592 g/mol. The Kier molecular flexibility index (Phi) is 7.66. The van der Waals surface area contributed by atoms with Crippen molar-refractivity contribution in [3.05, 3.63) is 46.6 Å². The summed E-state index contributed by atoms with van der Waals surface area (Å²) in [7, 11) is 0. The van der Waals surface area contributed by atoms with Crippen LogP contribution in [0.5, 0.6) is 5.88 Å². The van der Waals surface area contributed by atoms with E-state index >= 15 is 0 Å². The third-order valence-electron chi connectivity index (χ3n) is 6.21. The van der Waals surface area contributed by atoms with Crippen LogP contribution in [0, 0.1) is 0 Å². The summed E-state index contributed by atoms with van der Waals surface area (Å²) in [6, 6.07) is 3.86. The van der Waals surface area contributed by atoms with E-state index in [9.17, 15) is 26.7 Å². The fourth-order valence-electron chi connectivity index (χ4n) is 4.68. The van der Waals surface area contributed by atoms with Crippen molar-refractivity contribution in [2.45, 2.75) is 63.3 Å². The zero-order valence-electron chi connectivity index (χ0n) is 21.2. The third kappa shape index (κ3) is 5.80. The third-order valence-corrected chi connectivity index (χ3v) is 6.57. The molecule has 2 bridgehead atoms. The molecule has 16 heteroatoms. The molecule has 0 atom stereocenters. The van der Waals surface area contributed by atoms with Crippen LogP contribution in [0.3, 0.4) is 0 Å². The minimum absolute atomic E-state index is 0.141. The minimum Gasteiger partial charge on any atom is -0.475 e. The molecule has 1 saturated carbocycles. The highest BCUT2D eigenvalue weighted by Crippen LogP contribution is 2.59. The first-order chi connectivity index (χ1) is 18.5. The van der Waals surface area contributed by atoms with E-state index in [1.807, 2.05) is 13.8 Å². The Bertz CT molecular complexity index is 1460. The molecule has 10 nitrogen and oxygen atoms in total. The van der Waals surface area contributed by atoms with Gasteiger partial charge < -0.3 is 19.9 Å². The number of amides is 1. The predicted octanol–water partition coefficient (Wildman–Crippen LogP) is 5.21. The van der Waals surface area contributed by atoms with E-state index in [4.69, 9.17) is 31.0 Å². The van der Waals surface area contributed by atoms with Crippen LogP contribution in [0.1, 0.15) is 61.9 Å². The van der Waals surface area contributed by atoms with Crippen molar-refractivity contribution in [1.29, 1.82) is 0 Å². The predicted molar refractivity (Wildman–Crippen MR) is 130 cm³/mol. The van der Waals surface area contributed by atoms with Crippen LogP contribution in [-0.4, -0.2) is 60.8 Å². The molecule has 3 aromatic rings. The first-order valence-electron chi connectivity index (χ1n) is 11.8. The average Bonchev–Trinajstić information content (AvgIpc) is 3.47. The summed E-state index contributed by atoms with van der Waals surface area (Å²) in [5.41, 5.74) is -0.106. The number of nitrogens with zero attached hydrogens (tertiary/aromatic N) is 4. The Morgan fingerprint density at radius 1 is 1.20 bits per heavy atom. The summed E-state index contributed by atoms with van der Waals surface area (Å²) in [6.45, 7) is 6.25. The monoisotopic (exact) mass is 591 g/mol. The number of carbonyl (C=O) groups excluding carboxylic acids is 1. The number of aliphatic carboxylic acids is 1. The molecular weight excluding hydrogens is 569 g/mol. The first kappa shape index (κ1) is 29.4. The Labute approximate surface area is 228 Å². The number of fused-ring (bicyclic) bond motifs is 2. The smallest absolute Gasteiger partial charge is 0.475 e. The zero-order valence-corrected chi connectivity index (χ0v) is 22.0. The molecule has 3 fully saturated rings. The van der Waals surface area contributed by atoms with Gasteiger partial charge in [0.1, 0.15) is 22.2 Å². The molecule has 0 radical (unpaired) electrons. The molecule has 0 unspecified atom stereocenters. The van der Waals surface area contributed by atoms with Gasteiger partial charge in [0, 0.05) is 11.6 Å². The largest absolute Gasteiger partial charge is 0.490 e. The number of carboxylic acids is 1. The highest BCUT2D eigenvalue weighted by atomic mass is 35.5. The van der Waals surface area contributed by atoms with Crippen molar-refractivity contribution in [3.63, 3.8) is 0 Å². The normalized spacial score (nSPS) is 21.7. The van der Waals surface area contributed by atoms with Crippen molar-refractivity contribution in [3.8, 4) is 5.88 Å². The fourth-order valence-corrected chi connectivity index (χ4v) is 5.05. The van der Waals surface area contributed by atoms with Gasteiger partial charge in [0.05, 0.1) is 24.0 Å². The van der Waals surface area contributed by atoms with Crippen LogP contribution in [0.4, 0.5) is 27.6 Å². The van der Waals surface area contributed by atoms with Gasteiger partial charge in [-0.2, -0.15) is 18.2 Å². The number of ether oxygens (including phenoxy) is 2. The van der Waals surface area contributed by atoms with Crippen LogP contribution in [0.25, 0.3) is 5.78 Å². The molecule has 5 heterocycles. The van der Waals surface area contributed by atoms with E-state index in [2.05, 4.69) is 27.2 Å². The maximum absolute atomic E-state index is 13.0. The standard InChI is InChI=1S/C22H22ClF2N5O3.C2HF3O2/c1-11(2)33-19-14(27-18(31)13-6-4-5-12(26-13)17(24)25)7-30-16(23)15(28-20(30)29-19)22-8-21(3,9-22)32-10-22;3-2(4,5)1(6)7/h4-7,11,17H,8-10H2,1-3H3,(H,27,31);(H,6,7). The topological polar surface area (TPSA) is 128 Å². The van der Waals surface area contributed by atoms with E-state index in [0.29, 0.717) is 23.2 Å². The molecule has 0 aromatic carbocycles. The lowest BCUT2D eigenvalue weighted by Crippen LogP contribution is -2.45. The second kappa shape index (κ2) is 10.4. The van der Waals surface area contributed by atoms with Gasteiger partial charge in [-0.05, 0) is 45.7 Å². The number of hydrogen-bond donors (Lipinski definition) is 2. The van der Waals surface area contributed by atoms with Gasteiger partial charge in [-0.15, -0.1) is 0 Å². The molecule has 3 aliphatic rings. The van der Waals surface area contributed by atoms with Gasteiger partial charge in [0.2, 0.25) is 11.7 Å². The van der Waals surface area contributed by atoms with Crippen LogP contribution in [0.15, 0.2) is 24.4 Å². The number of alkyl halides is 5. The minimum atomic E-state index is -5.08. The number of nitrogens with one attached hydrogen (secondary N) is 1. The van der Waals surface area contributed by atoms with E-state index in [1.165, 1.54) is 12.1 Å². The maximum atomic E-state index is 13.0. The van der Waals surface area contributed by atoms with Gasteiger partial charge in [0.15, 0.2) is 0 Å². The molecule has 3 aromatic heterocycles. The quantitative estimate of drug-likeness (QED) is 0.374. The number of halogens is 6. The van der Waals surface area contributed by atoms with Crippen molar-refractivity contribution in [2.75, 3.05) is 11.9 Å². The molecule has 1 amide bonds. The van der Waals surface area contributed by atoms with E-state index in [1.54, 1.807) is 10.6 Å². The van der Waals surface area contributed by atoms with Crippen LogP contribution in [-0.2, 0) is 14.9 Å². The van der Waals surface area contributed by atoms with Gasteiger partial charge >= 0.3 is 12.1 Å². The van der Waals surface area contributed by atoms with Crippen LogP contribution in [0.2, 0.25) is 5.15 Å². The second-order valence-corrected chi connectivity index (χ2v) is 10.3. The number of aromatic nitrogens is 4. The number of anilines is 1. The number of imidazole rings is 1. The van der Waals surface area contributed by atoms with Gasteiger partial charge in [-0.25, -0.2) is 23.5 Å². The van der Waals surface area contributed by atoms with E-state index in [-0.39, 0.29) is 34.4 Å². The number of carboxylic acid groups (broad SMARTS) is 1. The van der Waals surface area contributed by atoms with E-state index < -0.39 is 30.2 Å².